The lowest BCUT2D eigenvalue weighted by molar-refractivity contribution is -0.104. The number of rotatable bonds is 2. The Labute approximate surface area is 128 Å². The number of carbonyl (C=O) groups excluding carboxylic acids is 1. The second-order valence-corrected chi connectivity index (χ2v) is 4.63. The van der Waals surface area contributed by atoms with E-state index in [1.807, 2.05) is 4.98 Å². The Balaban J connectivity index is 2.39. The summed E-state index contributed by atoms with van der Waals surface area (Å²) >= 11 is 0. The van der Waals surface area contributed by atoms with Crippen molar-refractivity contribution in [2.45, 2.75) is 0 Å². The van der Waals surface area contributed by atoms with Gasteiger partial charge in [0.1, 0.15) is 17.2 Å². The number of aromatic amines is 2. The summed E-state index contributed by atoms with van der Waals surface area (Å²) in [5.74, 6) is -0.641. The van der Waals surface area contributed by atoms with Crippen LogP contribution in [0.4, 0.5) is 0 Å². The van der Waals surface area contributed by atoms with Crippen molar-refractivity contribution in [3.05, 3.63) is 67.4 Å². The van der Waals surface area contributed by atoms with Gasteiger partial charge in [-0.1, -0.05) is 24.3 Å². The molecule has 0 spiro atoms. The molecule has 0 unspecified atom stereocenters. The van der Waals surface area contributed by atoms with Crippen LogP contribution in [0.15, 0.2) is 44.4 Å². The lowest BCUT2D eigenvalue weighted by Gasteiger charge is -2.03. The summed E-state index contributed by atoms with van der Waals surface area (Å²) in [6.07, 6.45) is 0.371. The highest BCUT2D eigenvalue weighted by molar-refractivity contribution is 6.22. The number of nitrogens with zero attached hydrogens (tertiary/aromatic N) is 2. The van der Waals surface area contributed by atoms with Gasteiger partial charge in [-0.2, -0.15) is 5.26 Å². The zero-order chi connectivity index (χ0) is 16.6. The number of carbonyl (C=O) groups is 1. The quantitative estimate of drug-likeness (QED) is 0.409. The summed E-state index contributed by atoms with van der Waals surface area (Å²) in [6.45, 7) is 0. The fourth-order valence-electron chi connectivity index (χ4n) is 2.35. The SMILES string of the molecule is N#C/C(C=O)=C1/N=C(c2c(O)[nH]c(=O)[nH]c2=O)c2ccccc21. The topological polar surface area (TPSA) is 139 Å². The minimum absolute atomic E-state index is 0.0696. The molecule has 8 heteroatoms. The van der Waals surface area contributed by atoms with Gasteiger partial charge in [-0.3, -0.25) is 19.6 Å². The number of aromatic nitrogens is 2. The molecule has 112 valence electrons. The highest BCUT2D eigenvalue weighted by Crippen LogP contribution is 2.33. The van der Waals surface area contributed by atoms with E-state index in [1.165, 1.54) is 0 Å². The molecule has 3 rings (SSSR count). The van der Waals surface area contributed by atoms with Gasteiger partial charge < -0.3 is 5.11 Å². The number of aromatic hydroxyl groups is 1. The summed E-state index contributed by atoms with van der Waals surface area (Å²) in [6, 6.07) is 8.38. The van der Waals surface area contributed by atoms with Crippen molar-refractivity contribution >= 4 is 17.7 Å². The number of aliphatic imine (C=N–C) groups is 1. The molecule has 8 nitrogen and oxygen atoms in total. The van der Waals surface area contributed by atoms with E-state index < -0.39 is 17.1 Å². The Morgan fingerprint density at radius 2 is 1.91 bits per heavy atom. The molecule has 0 bridgehead atoms. The minimum atomic E-state index is -0.857. The largest absolute Gasteiger partial charge is 0.494 e. The average molecular weight is 308 g/mol. The molecule has 0 amide bonds. The lowest BCUT2D eigenvalue weighted by atomic mass is 9.99. The molecule has 1 aliphatic rings. The van der Waals surface area contributed by atoms with Crippen molar-refractivity contribution in [1.29, 1.82) is 5.26 Å². The summed E-state index contributed by atoms with van der Waals surface area (Å²) < 4.78 is 0. The van der Waals surface area contributed by atoms with Gasteiger partial charge in [-0.05, 0) is 0 Å². The molecule has 2 aromatic rings. The first-order valence-corrected chi connectivity index (χ1v) is 6.40. The summed E-state index contributed by atoms with van der Waals surface area (Å²) in [5, 5.41) is 18.9. The Hall–Kier alpha value is -3.73. The van der Waals surface area contributed by atoms with Crippen molar-refractivity contribution in [3.8, 4) is 11.9 Å². The molecule has 23 heavy (non-hydrogen) atoms. The molecular formula is C15H8N4O4. The molecule has 1 aromatic heterocycles. The van der Waals surface area contributed by atoms with E-state index in [1.54, 1.807) is 30.3 Å². The van der Waals surface area contributed by atoms with Crippen LogP contribution >= 0.6 is 0 Å². The fraction of sp³-hybridized carbons (Fsp3) is 0. The predicted octanol–water partition coefficient (Wildman–Crippen LogP) is 0.0534. The lowest BCUT2D eigenvalue weighted by Crippen LogP contribution is -2.27. The monoisotopic (exact) mass is 308 g/mol. The minimum Gasteiger partial charge on any atom is -0.494 e. The van der Waals surface area contributed by atoms with Crippen molar-refractivity contribution in [3.63, 3.8) is 0 Å². The van der Waals surface area contributed by atoms with Gasteiger partial charge in [0.05, 0.1) is 11.4 Å². The van der Waals surface area contributed by atoms with E-state index in [4.69, 9.17) is 5.26 Å². The third-order valence-electron chi connectivity index (χ3n) is 3.31. The predicted molar refractivity (Wildman–Crippen MR) is 80.0 cm³/mol. The smallest absolute Gasteiger partial charge is 0.328 e. The first-order chi connectivity index (χ1) is 11.1. The van der Waals surface area contributed by atoms with Gasteiger partial charge >= 0.3 is 5.69 Å². The number of benzene rings is 1. The Kier molecular flexibility index (Phi) is 3.23. The Morgan fingerprint density at radius 3 is 2.52 bits per heavy atom. The summed E-state index contributed by atoms with van der Waals surface area (Å²) in [5.41, 5.74) is -1.00. The van der Waals surface area contributed by atoms with Gasteiger partial charge in [0.2, 0.25) is 5.88 Å². The van der Waals surface area contributed by atoms with Gasteiger partial charge in [0.25, 0.3) is 5.56 Å². The van der Waals surface area contributed by atoms with Crippen LogP contribution in [0.2, 0.25) is 0 Å². The number of H-pyrrole nitrogens is 2. The Bertz CT molecular complexity index is 1050. The number of hydrogen-bond acceptors (Lipinski definition) is 6. The Morgan fingerprint density at radius 1 is 1.22 bits per heavy atom. The zero-order valence-corrected chi connectivity index (χ0v) is 11.5. The highest BCUT2D eigenvalue weighted by atomic mass is 16.3. The summed E-state index contributed by atoms with van der Waals surface area (Å²) in [4.78, 5) is 42.5. The van der Waals surface area contributed by atoms with Crippen molar-refractivity contribution in [2.75, 3.05) is 0 Å². The molecule has 1 aromatic carbocycles. The van der Waals surface area contributed by atoms with E-state index >= 15 is 0 Å². The molecular weight excluding hydrogens is 300 g/mol. The van der Waals surface area contributed by atoms with Gasteiger partial charge in [-0.15, -0.1) is 0 Å². The maximum absolute atomic E-state index is 12.0. The van der Waals surface area contributed by atoms with Crippen LogP contribution in [-0.4, -0.2) is 27.1 Å². The van der Waals surface area contributed by atoms with E-state index in [2.05, 4.69) is 9.98 Å². The van der Waals surface area contributed by atoms with Crippen LogP contribution in [0.5, 0.6) is 5.88 Å². The maximum Gasteiger partial charge on any atom is 0.328 e. The van der Waals surface area contributed by atoms with Crippen LogP contribution in [0.1, 0.15) is 16.7 Å². The van der Waals surface area contributed by atoms with Crippen LogP contribution in [0.25, 0.3) is 5.70 Å². The second-order valence-electron chi connectivity index (χ2n) is 4.63. The molecule has 0 saturated carbocycles. The van der Waals surface area contributed by atoms with Crippen LogP contribution in [-0.2, 0) is 4.79 Å². The number of nitrogens with one attached hydrogen (secondary N) is 2. The number of allylic oxidation sites excluding steroid dienone is 1. The molecule has 0 radical (unpaired) electrons. The fourth-order valence-corrected chi connectivity index (χ4v) is 2.35. The van der Waals surface area contributed by atoms with E-state index in [0.29, 0.717) is 17.4 Å². The number of nitriles is 1. The van der Waals surface area contributed by atoms with Crippen molar-refractivity contribution < 1.29 is 9.90 Å². The van der Waals surface area contributed by atoms with Crippen LogP contribution in [0.3, 0.4) is 0 Å². The van der Waals surface area contributed by atoms with E-state index in [9.17, 15) is 19.5 Å². The molecule has 2 heterocycles. The number of fused-ring (bicyclic) bond motifs is 1. The first kappa shape index (κ1) is 14.2. The average Bonchev–Trinajstić information content (AvgIpc) is 2.88. The van der Waals surface area contributed by atoms with E-state index in [0.717, 1.165) is 0 Å². The second kappa shape index (κ2) is 5.23. The molecule has 3 N–H and O–H groups in total. The highest BCUT2D eigenvalue weighted by Gasteiger charge is 2.27. The normalized spacial score (nSPS) is 14.7. The third kappa shape index (κ3) is 2.16. The van der Waals surface area contributed by atoms with Gasteiger partial charge in [-0.25, -0.2) is 9.79 Å². The van der Waals surface area contributed by atoms with Gasteiger partial charge in [0.15, 0.2) is 6.29 Å². The van der Waals surface area contributed by atoms with Crippen molar-refractivity contribution in [2.24, 2.45) is 4.99 Å². The third-order valence-corrected chi connectivity index (χ3v) is 3.31. The maximum atomic E-state index is 12.0. The molecule has 1 aliphatic heterocycles. The first-order valence-electron chi connectivity index (χ1n) is 6.40. The number of hydrogen-bond donors (Lipinski definition) is 3. The number of aldehydes is 1. The summed E-state index contributed by atoms with van der Waals surface area (Å²) in [7, 11) is 0. The molecule has 0 saturated heterocycles. The van der Waals surface area contributed by atoms with Crippen molar-refractivity contribution in [1.82, 2.24) is 9.97 Å². The standard InChI is InChI=1S/C15H8N4O4/c16-5-7(6-20)11-8-3-1-2-4-9(8)12(17-11)10-13(21)18-15(23)19-14(10)22/h1-4,6H,(H3,18,19,21,22,23)/b11-7-. The van der Waals surface area contributed by atoms with Crippen LogP contribution < -0.4 is 11.2 Å². The zero-order valence-electron chi connectivity index (χ0n) is 11.5. The van der Waals surface area contributed by atoms with E-state index in [-0.39, 0.29) is 22.5 Å². The molecule has 0 atom stereocenters. The van der Waals surface area contributed by atoms with Gasteiger partial charge in [0, 0.05) is 11.1 Å². The molecule has 0 fully saturated rings. The molecule has 0 aliphatic carbocycles. The van der Waals surface area contributed by atoms with Crippen LogP contribution in [0, 0.1) is 11.3 Å².